The summed E-state index contributed by atoms with van der Waals surface area (Å²) in [4.78, 5) is 10.7. The first kappa shape index (κ1) is 12.7. The molecule has 0 aliphatic heterocycles. The Morgan fingerprint density at radius 3 is 2.38 bits per heavy atom. The highest BCUT2D eigenvalue weighted by molar-refractivity contribution is 5.72. The largest absolute Gasteiger partial charge is 0.480 e. The van der Waals surface area contributed by atoms with Crippen LogP contribution in [0.15, 0.2) is 30.3 Å². The van der Waals surface area contributed by atoms with Gasteiger partial charge in [0.15, 0.2) is 0 Å². The van der Waals surface area contributed by atoms with Gasteiger partial charge in [-0.05, 0) is 19.4 Å². The Hall–Kier alpha value is -1.39. The van der Waals surface area contributed by atoms with Gasteiger partial charge in [-0.2, -0.15) is 0 Å². The molecule has 88 valence electrons. The second kappa shape index (κ2) is 5.63. The summed E-state index contributed by atoms with van der Waals surface area (Å²) in [6.07, 6.45) is 0. The molecule has 4 nitrogen and oxygen atoms in total. The number of benzene rings is 1. The van der Waals surface area contributed by atoms with E-state index < -0.39 is 12.0 Å². The third-order valence-corrected chi connectivity index (χ3v) is 2.63. The Morgan fingerprint density at radius 1 is 1.31 bits per heavy atom. The second-order valence-corrected chi connectivity index (χ2v) is 3.89. The first-order valence-electron chi connectivity index (χ1n) is 5.29. The molecule has 0 saturated heterocycles. The molecule has 0 radical (unpaired) electrons. The smallest absolute Gasteiger partial charge is 0.321 e. The van der Waals surface area contributed by atoms with E-state index in [4.69, 9.17) is 5.11 Å². The third kappa shape index (κ3) is 3.32. The zero-order chi connectivity index (χ0) is 12.1. The molecule has 0 bridgehead atoms. The van der Waals surface area contributed by atoms with Crippen LogP contribution in [0, 0.1) is 0 Å². The van der Waals surface area contributed by atoms with Crippen molar-refractivity contribution in [3.05, 3.63) is 35.9 Å². The summed E-state index contributed by atoms with van der Waals surface area (Å²) in [6.45, 7) is 3.65. The number of carboxylic acid groups (broad SMARTS) is 1. The summed E-state index contributed by atoms with van der Waals surface area (Å²) in [6, 6.07) is 9.49. The Bertz CT molecular complexity index is 340. The summed E-state index contributed by atoms with van der Waals surface area (Å²) in [7, 11) is 1.84. The van der Waals surface area contributed by atoms with Crippen LogP contribution in [0.2, 0.25) is 0 Å². The summed E-state index contributed by atoms with van der Waals surface area (Å²) in [5.41, 5.74) is 4.06. The molecule has 1 rings (SSSR count). The van der Waals surface area contributed by atoms with Gasteiger partial charge in [-0.25, -0.2) is 10.4 Å². The molecule has 16 heavy (non-hydrogen) atoms. The van der Waals surface area contributed by atoms with Crippen LogP contribution in [0.25, 0.3) is 0 Å². The second-order valence-electron chi connectivity index (χ2n) is 3.89. The zero-order valence-corrected chi connectivity index (χ0v) is 9.84. The Labute approximate surface area is 95.9 Å². The average molecular weight is 222 g/mol. The maximum absolute atomic E-state index is 10.7. The molecule has 2 atom stereocenters. The summed E-state index contributed by atoms with van der Waals surface area (Å²) >= 11 is 0. The number of carbonyl (C=O) groups is 1. The van der Waals surface area contributed by atoms with Crippen molar-refractivity contribution in [1.29, 1.82) is 0 Å². The van der Waals surface area contributed by atoms with Crippen LogP contribution in [0.1, 0.15) is 25.5 Å². The highest BCUT2D eigenvalue weighted by Gasteiger charge is 2.16. The van der Waals surface area contributed by atoms with Crippen LogP contribution >= 0.6 is 0 Å². The summed E-state index contributed by atoms with van der Waals surface area (Å²) in [5, 5.41) is 10.6. The molecule has 2 N–H and O–H groups in total. The van der Waals surface area contributed by atoms with Crippen LogP contribution in [-0.4, -0.2) is 29.2 Å². The van der Waals surface area contributed by atoms with Crippen molar-refractivity contribution in [2.45, 2.75) is 25.9 Å². The first-order chi connectivity index (χ1) is 7.52. The van der Waals surface area contributed by atoms with E-state index in [2.05, 4.69) is 5.43 Å². The lowest BCUT2D eigenvalue weighted by atomic mass is 10.1. The van der Waals surface area contributed by atoms with Gasteiger partial charge in [0, 0.05) is 13.1 Å². The maximum atomic E-state index is 10.7. The normalized spacial score (nSPS) is 14.8. The van der Waals surface area contributed by atoms with Crippen molar-refractivity contribution in [3.8, 4) is 0 Å². The monoisotopic (exact) mass is 222 g/mol. The molecular formula is C12H18N2O2. The molecular weight excluding hydrogens is 204 g/mol. The van der Waals surface area contributed by atoms with E-state index >= 15 is 0 Å². The Morgan fingerprint density at radius 2 is 1.88 bits per heavy atom. The van der Waals surface area contributed by atoms with Crippen molar-refractivity contribution in [2.75, 3.05) is 7.05 Å². The van der Waals surface area contributed by atoms with E-state index in [1.807, 2.05) is 49.3 Å². The van der Waals surface area contributed by atoms with Gasteiger partial charge < -0.3 is 5.11 Å². The quantitative estimate of drug-likeness (QED) is 0.744. The number of carboxylic acids is 1. The third-order valence-electron chi connectivity index (χ3n) is 2.63. The number of hydrazine groups is 1. The van der Waals surface area contributed by atoms with E-state index in [0.717, 1.165) is 5.56 Å². The molecule has 4 heteroatoms. The van der Waals surface area contributed by atoms with Crippen LogP contribution in [0.4, 0.5) is 0 Å². The van der Waals surface area contributed by atoms with Gasteiger partial charge in [-0.15, -0.1) is 0 Å². The number of nitrogens with zero attached hydrogens (tertiary/aromatic N) is 1. The fourth-order valence-electron chi connectivity index (χ4n) is 1.43. The van der Waals surface area contributed by atoms with Crippen molar-refractivity contribution >= 4 is 5.97 Å². The lowest BCUT2D eigenvalue weighted by Gasteiger charge is -2.27. The number of hydrogen-bond donors (Lipinski definition) is 2. The molecule has 1 aromatic carbocycles. The molecule has 0 amide bonds. The van der Waals surface area contributed by atoms with Gasteiger partial charge in [-0.1, -0.05) is 30.3 Å². The van der Waals surface area contributed by atoms with E-state index in [1.54, 1.807) is 6.92 Å². The molecule has 2 unspecified atom stereocenters. The number of nitrogens with one attached hydrogen (secondary N) is 1. The Balaban J connectivity index is 2.61. The van der Waals surface area contributed by atoms with E-state index in [-0.39, 0.29) is 6.04 Å². The molecule has 0 aliphatic carbocycles. The van der Waals surface area contributed by atoms with Gasteiger partial charge >= 0.3 is 5.97 Å². The van der Waals surface area contributed by atoms with Crippen LogP contribution in [-0.2, 0) is 4.79 Å². The predicted octanol–water partition coefficient (Wildman–Crippen LogP) is 1.66. The van der Waals surface area contributed by atoms with Crippen molar-refractivity contribution in [1.82, 2.24) is 10.4 Å². The zero-order valence-electron chi connectivity index (χ0n) is 9.84. The minimum Gasteiger partial charge on any atom is -0.480 e. The molecule has 0 aromatic heterocycles. The van der Waals surface area contributed by atoms with E-state index in [1.165, 1.54) is 0 Å². The van der Waals surface area contributed by atoms with Crippen LogP contribution in [0.3, 0.4) is 0 Å². The summed E-state index contributed by atoms with van der Waals surface area (Å²) in [5.74, 6) is -0.855. The van der Waals surface area contributed by atoms with Crippen LogP contribution in [0.5, 0.6) is 0 Å². The van der Waals surface area contributed by atoms with Gasteiger partial charge in [-0.3, -0.25) is 4.79 Å². The van der Waals surface area contributed by atoms with Gasteiger partial charge in [0.2, 0.25) is 0 Å². The summed E-state index contributed by atoms with van der Waals surface area (Å²) < 4.78 is 0. The standard InChI is InChI=1S/C12H18N2O2/c1-9(12(15)16)13-14(3)10(2)11-7-5-4-6-8-11/h4-10,13H,1-3H3,(H,15,16). The Kier molecular flexibility index (Phi) is 4.46. The SMILES string of the molecule is CC(NN(C)C(C)c1ccccc1)C(=O)O. The predicted molar refractivity (Wildman–Crippen MR) is 62.9 cm³/mol. The van der Waals surface area contributed by atoms with Gasteiger partial charge in [0.25, 0.3) is 0 Å². The fourth-order valence-corrected chi connectivity index (χ4v) is 1.43. The van der Waals surface area contributed by atoms with E-state index in [9.17, 15) is 4.79 Å². The van der Waals surface area contributed by atoms with Crippen molar-refractivity contribution in [2.24, 2.45) is 0 Å². The molecule has 0 saturated carbocycles. The lowest BCUT2D eigenvalue weighted by Crippen LogP contribution is -2.45. The highest BCUT2D eigenvalue weighted by atomic mass is 16.4. The number of hydrogen-bond acceptors (Lipinski definition) is 3. The topological polar surface area (TPSA) is 52.6 Å². The average Bonchev–Trinajstić information content (AvgIpc) is 2.28. The molecule has 0 fully saturated rings. The van der Waals surface area contributed by atoms with Gasteiger partial charge in [0.05, 0.1) is 0 Å². The minimum atomic E-state index is -0.855. The fraction of sp³-hybridized carbons (Fsp3) is 0.417. The van der Waals surface area contributed by atoms with Crippen molar-refractivity contribution in [3.63, 3.8) is 0 Å². The van der Waals surface area contributed by atoms with E-state index in [0.29, 0.717) is 0 Å². The first-order valence-corrected chi connectivity index (χ1v) is 5.29. The highest BCUT2D eigenvalue weighted by Crippen LogP contribution is 2.16. The van der Waals surface area contributed by atoms with Crippen molar-refractivity contribution < 1.29 is 9.90 Å². The molecule has 0 heterocycles. The lowest BCUT2D eigenvalue weighted by molar-refractivity contribution is -0.140. The maximum Gasteiger partial charge on any atom is 0.321 e. The number of rotatable bonds is 5. The minimum absolute atomic E-state index is 0.128. The van der Waals surface area contributed by atoms with Crippen LogP contribution < -0.4 is 5.43 Å². The molecule has 0 spiro atoms. The molecule has 0 aliphatic rings. The number of aliphatic carboxylic acids is 1. The molecule has 1 aromatic rings. The van der Waals surface area contributed by atoms with Gasteiger partial charge in [0.1, 0.15) is 6.04 Å².